The number of rotatable bonds is 3. The van der Waals surface area contributed by atoms with E-state index in [9.17, 15) is 0 Å². The van der Waals surface area contributed by atoms with Gasteiger partial charge >= 0.3 is 0 Å². The van der Waals surface area contributed by atoms with Gasteiger partial charge in [-0.2, -0.15) is 0 Å². The molecule has 0 saturated heterocycles. The van der Waals surface area contributed by atoms with Gasteiger partial charge in [0.15, 0.2) is 0 Å². The van der Waals surface area contributed by atoms with E-state index in [1.54, 1.807) is 0 Å². The third-order valence-electron chi connectivity index (χ3n) is 6.37. The van der Waals surface area contributed by atoms with Crippen LogP contribution in [0, 0.1) is 17.3 Å². The van der Waals surface area contributed by atoms with Gasteiger partial charge in [-0.1, -0.05) is 24.3 Å². The highest BCUT2D eigenvalue weighted by Gasteiger charge is 2.59. The summed E-state index contributed by atoms with van der Waals surface area (Å²) in [5.74, 6) is 2.41. The maximum atomic E-state index is 6.03. The Morgan fingerprint density at radius 3 is 3.04 bits per heavy atom. The third-order valence-corrected chi connectivity index (χ3v) is 6.37. The molecule has 0 bridgehead atoms. The number of H-pyrrole nitrogens is 1. The van der Waals surface area contributed by atoms with E-state index >= 15 is 0 Å². The Morgan fingerprint density at radius 2 is 2.21 bits per heavy atom. The van der Waals surface area contributed by atoms with Gasteiger partial charge in [0.05, 0.1) is 11.0 Å². The van der Waals surface area contributed by atoms with E-state index in [-0.39, 0.29) is 0 Å². The first-order chi connectivity index (χ1) is 11.7. The summed E-state index contributed by atoms with van der Waals surface area (Å²) in [5.41, 5.74) is 9.64. The topological polar surface area (TPSA) is 66.7 Å². The molecule has 2 saturated carbocycles. The van der Waals surface area contributed by atoms with E-state index in [0.29, 0.717) is 17.4 Å². The molecule has 2 fully saturated rings. The van der Waals surface area contributed by atoms with E-state index < -0.39 is 0 Å². The molecule has 5 rings (SSSR count). The molecule has 0 spiro atoms. The standard InChI is InChI=1S/C20H24N4/c21-15-5-3-4-13(10-15)20-9-8-16(11-14(20)12-20)22-19-23-17-6-1-2-7-18(17)24-19/h1-3,5-7,10,13-14,16H,4,8-9,11-12,21H2,(H2,22,23,24)/t13?,14?,16?,20-/m1/s1. The molecule has 1 aromatic heterocycles. The Kier molecular flexibility index (Phi) is 3.02. The lowest BCUT2D eigenvalue weighted by atomic mass is 9.74. The molecule has 2 aromatic rings. The van der Waals surface area contributed by atoms with Crippen molar-refractivity contribution in [3.05, 3.63) is 48.2 Å². The van der Waals surface area contributed by atoms with Crippen LogP contribution in [-0.2, 0) is 0 Å². The Labute approximate surface area is 142 Å². The number of para-hydroxylation sites is 2. The van der Waals surface area contributed by atoms with Gasteiger partial charge < -0.3 is 16.0 Å². The van der Waals surface area contributed by atoms with Crippen LogP contribution in [0.5, 0.6) is 0 Å². The van der Waals surface area contributed by atoms with Gasteiger partial charge in [0.1, 0.15) is 0 Å². The summed E-state index contributed by atoms with van der Waals surface area (Å²) in [6, 6.07) is 8.74. The van der Waals surface area contributed by atoms with Crippen LogP contribution in [-0.4, -0.2) is 16.0 Å². The van der Waals surface area contributed by atoms with Crippen LogP contribution in [0.25, 0.3) is 11.0 Å². The molecular formula is C20H24N4. The molecule has 4 N–H and O–H groups in total. The van der Waals surface area contributed by atoms with E-state index in [1.165, 1.54) is 32.1 Å². The smallest absolute Gasteiger partial charge is 0.201 e. The molecule has 0 radical (unpaired) electrons. The fourth-order valence-electron chi connectivity index (χ4n) is 5.02. The first kappa shape index (κ1) is 14.1. The second-order valence-corrected chi connectivity index (χ2v) is 7.76. The summed E-state index contributed by atoms with van der Waals surface area (Å²) in [7, 11) is 0. The summed E-state index contributed by atoms with van der Waals surface area (Å²) < 4.78 is 0. The number of anilines is 1. The predicted molar refractivity (Wildman–Crippen MR) is 97.4 cm³/mol. The fraction of sp³-hybridized carbons (Fsp3) is 0.450. The van der Waals surface area contributed by atoms with Gasteiger partial charge in [-0.25, -0.2) is 4.98 Å². The lowest BCUT2D eigenvalue weighted by Crippen LogP contribution is -2.31. The molecule has 0 aliphatic heterocycles. The Bertz CT molecular complexity index is 800. The molecule has 4 atom stereocenters. The van der Waals surface area contributed by atoms with Crippen LogP contribution in [0.1, 0.15) is 32.1 Å². The molecule has 124 valence electrons. The number of aromatic amines is 1. The maximum Gasteiger partial charge on any atom is 0.201 e. The van der Waals surface area contributed by atoms with Crippen molar-refractivity contribution in [1.82, 2.24) is 9.97 Å². The summed E-state index contributed by atoms with van der Waals surface area (Å²) in [6.07, 6.45) is 12.9. The quantitative estimate of drug-likeness (QED) is 0.802. The minimum Gasteiger partial charge on any atom is -0.399 e. The lowest BCUT2D eigenvalue weighted by Gasteiger charge is -2.34. The molecule has 1 aromatic carbocycles. The summed E-state index contributed by atoms with van der Waals surface area (Å²) in [6.45, 7) is 0. The average Bonchev–Trinajstić information content (AvgIpc) is 3.18. The third kappa shape index (κ3) is 2.24. The van der Waals surface area contributed by atoms with Crippen molar-refractivity contribution in [1.29, 1.82) is 0 Å². The number of hydrogen-bond acceptors (Lipinski definition) is 3. The van der Waals surface area contributed by atoms with Crippen LogP contribution in [0.2, 0.25) is 0 Å². The van der Waals surface area contributed by atoms with Crippen LogP contribution >= 0.6 is 0 Å². The lowest BCUT2D eigenvalue weighted by molar-refractivity contribution is 0.248. The van der Waals surface area contributed by atoms with E-state index in [1.807, 2.05) is 12.1 Å². The number of fused-ring (bicyclic) bond motifs is 2. The van der Waals surface area contributed by atoms with E-state index in [2.05, 4.69) is 45.6 Å². The van der Waals surface area contributed by atoms with Crippen molar-refractivity contribution in [3.8, 4) is 0 Å². The predicted octanol–water partition coefficient (Wildman–Crippen LogP) is 3.95. The molecule has 4 nitrogen and oxygen atoms in total. The van der Waals surface area contributed by atoms with Crippen molar-refractivity contribution in [2.75, 3.05) is 5.32 Å². The Balaban J connectivity index is 1.27. The van der Waals surface area contributed by atoms with Crippen LogP contribution in [0.15, 0.2) is 48.2 Å². The molecular weight excluding hydrogens is 296 g/mol. The normalized spacial score (nSPS) is 34.7. The van der Waals surface area contributed by atoms with Gasteiger partial charge in [0.25, 0.3) is 0 Å². The van der Waals surface area contributed by atoms with Crippen LogP contribution in [0.4, 0.5) is 5.95 Å². The van der Waals surface area contributed by atoms with Crippen LogP contribution < -0.4 is 11.1 Å². The Hall–Kier alpha value is -2.23. The van der Waals surface area contributed by atoms with Crippen molar-refractivity contribution in [2.24, 2.45) is 23.0 Å². The Morgan fingerprint density at radius 1 is 1.29 bits per heavy atom. The van der Waals surface area contributed by atoms with E-state index in [4.69, 9.17) is 5.73 Å². The van der Waals surface area contributed by atoms with E-state index in [0.717, 1.165) is 28.6 Å². The van der Waals surface area contributed by atoms with Gasteiger partial charge in [-0.15, -0.1) is 0 Å². The highest BCUT2D eigenvalue weighted by molar-refractivity contribution is 5.77. The number of hydrogen-bond donors (Lipinski definition) is 3. The number of nitrogens with zero attached hydrogens (tertiary/aromatic N) is 1. The van der Waals surface area contributed by atoms with Crippen molar-refractivity contribution < 1.29 is 0 Å². The number of nitrogens with two attached hydrogens (primary N) is 1. The van der Waals surface area contributed by atoms with Gasteiger partial charge in [0, 0.05) is 11.7 Å². The molecule has 1 heterocycles. The minimum atomic E-state index is 0.529. The average molecular weight is 320 g/mol. The first-order valence-electron chi connectivity index (χ1n) is 9.08. The molecule has 4 heteroatoms. The minimum absolute atomic E-state index is 0.529. The number of aromatic nitrogens is 2. The highest BCUT2D eigenvalue weighted by Crippen LogP contribution is 2.67. The van der Waals surface area contributed by atoms with Crippen molar-refractivity contribution in [2.45, 2.75) is 38.1 Å². The van der Waals surface area contributed by atoms with Crippen molar-refractivity contribution >= 4 is 17.0 Å². The summed E-state index contributed by atoms with van der Waals surface area (Å²) in [5, 5.41) is 3.64. The largest absolute Gasteiger partial charge is 0.399 e. The molecule has 3 aliphatic carbocycles. The molecule has 3 unspecified atom stereocenters. The van der Waals surface area contributed by atoms with Crippen molar-refractivity contribution in [3.63, 3.8) is 0 Å². The second kappa shape index (κ2) is 5.13. The maximum absolute atomic E-state index is 6.03. The second-order valence-electron chi connectivity index (χ2n) is 7.76. The number of benzene rings is 1. The van der Waals surface area contributed by atoms with Gasteiger partial charge in [-0.3, -0.25) is 0 Å². The number of nitrogens with one attached hydrogen (secondary N) is 2. The van der Waals surface area contributed by atoms with Gasteiger partial charge in [-0.05, 0) is 67.6 Å². The SMILES string of the molecule is NC1=CC([C@]23CCC(Nc4nc5ccccc5[nH]4)CC2C3)CC=C1. The first-order valence-corrected chi connectivity index (χ1v) is 9.08. The van der Waals surface area contributed by atoms with Gasteiger partial charge in [0.2, 0.25) is 5.95 Å². The zero-order valence-electron chi connectivity index (χ0n) is 13.8. The summed E-state index contributed by atoms with van der Waals surface area (Å²) in [4.78, 5) is 8.05. The molecule has 3 aliphatic rings. The number of allylic oxidation sites excluding steroid dienone is 3. The zero-order valence-corrected chi connectivity index (χ0v) is 13.8. The van der Waals surface area contributed by atoms with Crippen LogP contribution in [0.3, 0.4) is 0 Å². The monoisotopic (exact) mass is 320 g/mol. The molecule has 0 amide bonds. The fourth-order valence-corrected chi connectivity index (χ4v) is 5.02. The number of imidazole rings is 1. The highest BCUT2D eigenvalue weighted by atomic mass is 15.1. The zero-order chi connectivity index (χ0) is 16.1. The molecule has 24 heavy (non-hydrogen) atoms. The summed E-state index contributed by atoms with van der Waals surface area (Å²) >= 11 is 0.